The summed E-state index contributed by atoms with van der Waals surface area (Å²) >= 11 is 0. The van der Waals surface area contributed by atoms with E-state index in [2.05, 4.69) is 15.3 Å². The molecule has 1 amide bonds. The third-order valence-corrected chi connectivity index (χ3v) is 4.44. The molecule has 0 bridgehead atoms. The molecule has 2 N–H and O–H groups in total. The zero-order valence-electron chi connectivity index (χ0n) is 15.3. The van der Waals surface area contributed by atoms with Crippen LogP contribution < -0.4 is 10.1 Å². The second-order valence-electron chi connectivity index (χ2n) is 6.25. The maximum absolute atomic E-state index is 13.1. The Balaban J connectivity index is 1.74. The van der Waals surface area contributed by atoms with E-state index < -0.39 is 0 Å². The minimum absolute atomic E-state index is 0.197. The van der Waals surface area contributed by atoms with Crippen LogP contribution in [0.25, 0.3) is 22.7 Å². The summed E-state index contributed by atoms with van der Waals surface area (Å²) < 4.78 is 5.24. The number of methoxy groups -OCH3 is 1. The number of nitrogens with one attached hydrogen (secondary N) is 2. The Morgan fingerprint density at radius 3 is 2.75 bits per heavy atom. The number of nitrogens with zero attached hydrogens (tertiary/aromatic N) is 1. The summed E-state index contributed by atoms with van der Waals surface area (Å²) in [6.45, 7) is 0. The van der Waals surface area contributed by atoms with Crippen LogP contribution in [0.3, 0.4) is 0 Å². The molecular formula is C23H19N3O2. The smallest absolute Gasteiger partial charge is 0.256 e. The normalized spacial score (nSPS) is 11.4. The van der Waals surface area contributed by atoms with E-state index >= 15 is 0 Å². The molecule has 0 saturated heterocycles. The lowest BCUT2D eigenvalue weighted by Gasteiger charge is -2.10. The Kier molecular flexibility index (Phi) is 4.89. The van der Waals surface area contributed by atoms with Crippen molar-refractivity contribution in [1.29, 1.82) is 0 Å². The van der Waals surface area contributed by atoms with E-state index in [0.29, 0.717) is 17.0 Å². The van der Waals surface area contributed by atoms with Crippen molar-refractivity contribution in [2.24, 2.45) is 0 Å². The van der Waals surface area contributed by atoms with Crippen LogP contribution in [0.1, 0.15) is 11.1 Å². The zero-order chi connectivity index (χ0) is 19.3. The fraction of sp³-hybridized carbons (Fsp3) is 0.0435. The molecule has 5 nitrogen and oxygen atoms in total. The van der Waals surface area contributed by atoms with E-state index in [1.165, 1.54) is 0 Å². The summed E-state index contributed by atoms with van der Waals surface area (Å²) in [4.78, 5) is 20.6. The molecule has 0 unspecified atom stereocenters. The third kappa shape index (κ3) is 3.64. The molecular weight excluding hydrogens is 350 g/mol. The van der Waals surface area contributed by atoms with Crippen LogP contribution in [-0.4, -0.2) is 23.0 Å². The Labute approximate surface area is 162 Å². The maximum Gasteiger partial charge on any atom is 0.256 e. The highest BCUT2D eigenvalue weighted by atomic mass is 16.5. The number of aromatic nitrogens is 2. The lowest BCUT2D eigenvalue weighted by atomic mass is 10.0. The number of carbonyl (C=O) groups is 1. The molecule has 5 heteroatoms. The number of rotatable bonds is 5. The molecule has 4 aromatic rings. The monoisotopic (exact) mass is 369 g/mol. The van der Waals surface area contributed by atoms with Gasteiger partial charge >= 0.3 is 0 Å². The summed E-state index contributed by atoms with van der Waals surface area (Å²) in [7, 11) is 1.60. The number of fused-ring (bicyclic) bond motifs is 1. The third-order valence-electron chi connectivity index (χ3n) is 4.44. The molecule has 28 heavy (non-hydrogen) atoms. The first-order valence-corrected chi connectivity index (χ1v) is 8.89. The number of anilines is 1. The molecule has 0 radical (unpaired) electrons. The fourth-order valence-corrected chi connectivity index (χ4v) is 3.05. The fourth-order valence-electron chi connectivity index (χ4n) is 3.05. The van der Waals surface area contributed by atoms with E-state index in [1.54, 1.807) is 19.4 Å². The number of benzene rings is 2. The van der Waals surface area contributed by atoms with Crippen LogP contribution in [-0.2, 0) is 4.79 Å². The molecule has 2 heterocycles. The largest absolute Gasteiger partial charge is 0.497 e. The molecule has 0 spiro atoms. The number of hydrogen-bond donors (Lipinski definition) is 2. The lowest BCUT2D eigenvalue weighted by Crippen LogP contribution is -2.13. The highest BCUT2D eigenvalue weighted by Gasteiger charge is 2.14. The minimum Gasteiger partial charge on any atom is -0.497 e. The van der Waals surface area contributed by atoms with Gasteiger partial charge in [-0.2, -0.15) is 0 Å². The second kappa shape index (κ2) is 7.80. The molecule has 0 atom stereocenters. The van der Waals surface area contributed by atoms with Crippen molar-refractivity contribution in [3.8, 4) is 5.75 Å². The maximum atomic E-state index is 13.1. The van der Waals surface area contributed by atoms with Crippen molar-refractivity contribution in [3.05, 3.63) is 90.3 Å². The second-order valence-corrected chi connectivity index (χ2v) is 6.25. The molecule has 2 aromatic carbocycles. The Morgan fingerprint density at radius 1 is 1.07 bits per heavy atom. The van der Waals surface area contributed by atoms with Crippen LogP contribution in [0.15, 0.2) is 79.1 Å². The number of H-pyrrole nitrogens is 1. The van der Waals surface area contributed by atoms with Crippen LogP contribution in [0.4, 0.5) is 5.69 Å². The standard InChI is InChI=1S/C23H19N3O2/c1-28-19-10-5-9-18(14-19)26-23(27)21(16-7-3-2-4-8-16)13-17-15-25-22-20(17)11-6-12-24-22/h2-15H,1H3,(H,24,25)(H,26,27). The number of carbonyl (C=O) groups excluding carboxylic acids is 1. The van der Waals surface area contributed by atoms with Gasteiger partial charge in [0.2, 0.25) is 0 Å². The highest BCUT2D eigenvalue weighted by Crippen LogP contribution is 2.25. The first-order valence-electron chi connectivity index (χ1n) is 8.89. The van der Waals surface area contributed by atoms with Crippen molar-refractivity contribution in [3.63, 3.8) is 0 Å². The molecule has 0 aliphatic heterocycles. The van der Waals surface area contributed by atoms with Crippen LogP contribution in [0.5, 0.6) is 5.75 Å². The Morgan fingerprint density at radius 2 is 1.93 bits per heavy atom. The van der Waals surface area contributed by atoms with E-state index in [9.17, 15) is 4.79 Å². The van der Waals surface area contributed by atoms with E-state index in [-0.39, 0.29) is 5.91 Å². The Hall–Kier alpha value is -3.86. The number of amides is 1. The predicted molar refractivity (Wildman–Crippen MR) is 112 cm³/mol. The number of pyridine rings is 1. The van der Waals surface area contributed by atoms with Crippen LogP contribution in [0.2, 0.25) is 0 Å². The van der Waals surface area contributed by atoms with E-state index in [4.69, 9.17) is 4.74 Å². The van der Waals surface area contributed by atoms with Gasteiger partial charge in [-0.05, 0) is 35.9 Å². The van der Waals surface area contributed by atoms with Gasteiger partial charge in [0, 0.05) is 40.7 Å². The average molecular weight is 369 g/mol. The molecule has 0 fully saturated rings. The van der Waals surface area contributed by atoms with Crippen molar-refractivity contribution in [2.45, 2.75) is 0 Å². The topological polar surface area (TPSA) is 67.0 Å². The first kappa shape index (κ1) is 17.5. The van der Waals surface area contributed by atoms with E-state index in [0.717, 1.165) is 22.2 Å². The Bertz CT molecular complexity index is 1150. The molecule has 0 saturated carbocycles. The minimum atomic E-state index is -0.197. The first-order chi connectivity index (χ1) is 13.7. The summed E-state index contributed by atoms with van der Waals surface area (Å²) in [5, 5.41) is 3.93. The van der Waals surface area contributed by atoms with Crippen molar-refractivity contribution in [2.75, 3.05) is 12.4 Å². The summed E-state index contributed by atoms with van der Waals surface area (Å²) in [5.74, 6) is 0.489. The van der Waals surface area contributed by atoms with Crippen molar-refractivity contribution >= 4 is 34.3 Å². The van der Waals surface area contributed by atoms with Gasteiger partial charge in [0.15, 0.2) is 0 Å². The summed E-state index contributed by atoms with van der Waals surface area (Å²) in [5.41, 5.74) is 3.76. The molecule has 0 aliphatic rings. The highest BCUT2D eigenvalue weighted by molar-refractivity contribution is 6.29. The van der Waals surface area contributed by atoms with Gasteiger partial charge in [0.25, 0.3) is 5.91 Å². The molecule has 2 aromatic heterocycles. The van der Waals surface area contributed by atoms with Crippen molar-refractivity contribution < 1.29 is 9.53 Å². The molecule has 0 aliphatic carbocycles. The van der Waals surface area contributed by atoms with Crippen molar-refractivity contribution in [1.82, 2.24) is 9.97 Å². The number of aromatic amines is 1. The van der Waals surface area contributed by atoms with Gasteiger partial charge in [-0.15, -0.1) is 0 Å². The quantitative estimate of drug-likeness (QED) is 0.499. The SMILES string of the molecule is COc1cccc(NC(=O)C(=Cc2c[nH]c3ncccc23)c2ccccc2)c1. The summed E-state index contributed by atoms with van der Waals surface area (Å²) in [6.07, 6.45) is 5.48. The van der Waals surface area contributed by atoms with Gasteiger partial charge in [-0.25, -0.2) is 4.98 Å². The van der Waals surface area contributed by atoms with Gasteiger partial charge < -0.3 is 15.0 Å². The number of ether oxygens (including phenoxy) is 1. The van der Waals surface area contributed by atoms with Gasteiger partial charge in [0.05, 0.1) is 7.11 Å². The summed E-state index contributed by atoms with van der Waals surface area (Å²) in [6, 6.07) is 20.8. The zero-order valence-corrected chi connectivity index (χ0v) is 15.3. The van der Waals surface area contributed by atoms with Gasteiger partial charge in [0.1, 0.15) is 11.4 Å². The van der Waals surface area contributed by atoms with E-state index in [1.807, 2.05) is 72.9 Å². The average Bonchev–Trinajstić information content (AvgIpc) is 3.15. The lowest BCUT2D eigenvalue weighted by molar-refractivity contribution is -0.111. The predicted octanol–water partition coefficient (Wildman–Crippen LogP) is 4.75. The van der Waals surface area contributed by atoms with Crippen LogP contribution in [0, 0.1) is 0 Å². The number of hydrogen-bond acceptors (Lipinski definition) is 3. The molecule has 4 rings (SSSR count). The van der Waals surface area contributed by atoms with Gasteiger partial charge in [-0.1, -0.05) is 36.4 Å². The van der Waals surface area contributed by atoms with Gasteiger partial charge in [-0.3, -0.25) is 4.79 Å². The van der Waals surface area contributed by atoms with Crippen LogP contribution >= 0.6 is 0 Å². The molecule has 138 valence electrons.